The zero-order valence-corrected chi connectivity index (χ0v) is 28.6. The van der Waals surface area contributed by atoms with Gasteiger partial charge < -0.3 is 0 Å². The largest absolute Gasteiger partial charge is 0.235 e. The van der Waals surface area contributed by atoms with Crippen molar-refractivity contribution in [2.45, 2.75) is 0 Å². The van der Waals surface area contributed by atoms with Crippen molar-refractivity contribution < 1.29 is 17.6 Å². The van der Waals surface area contributed by atoms with E-state index in [1.54, 1.807) is 12.1 Å². The summed E-state index contributed by atoms with van der Waals surface area (Å²) in [6.45, 7) is 0. The van der Waals surface area contributed by atoms with Gasteiger partial charge in [-0.25, -0.2) is 37.5 Å². The molecule has 0 spiro atoms. The highest BCUT2D eigenvalue weighted by atomic mass is 32.1. The van der Waals surface area contributed by atoms with Crippen molar-refractivity contribution in [3.05, 3.63) is 96.1 Å². The topological polar surface area (TPSA) is 51.6 Å². The third kappa shape index (κ3) is 4.70. The quantitative estimate of drug-likeness (QED) is 0.168. The van der Waals surface area contributed by atoms with Crippen LogP contribution in [-0.2, 0) is 0 Å². The fourth-order valence-electron chi connectivity index (χ4n) is 5.54. The molecule has 0 N–H and O–H groups in total. The molecule has 48 heavy (non-hydrogen) atoms. The summed E-state index contributed by atoms with van der Waals surface area (Å²) in [5, 5.41) is 4.41. The number of thiazole rings is 4. The number of fused-ring (bicyclic) bond motifs is 5. The molecule has 0 atom stereocenters. The monoisotopic (exact) mass is 744 g/mol. The standard InChI is InChI=1S/C34H12F4N4S6/c35-15-1-3-19-25(9-15)47-33(39-19)29-17(37)11-27(43-29)31-41-21-5-13-8-24-22(6-14(13)7-23(21)45-31)42-32(46-24)28-12-18(38)30(44-28)34-40-20-4-2-16(36)10-26(20)48-34/h1-12H. The van der Waals surface area contributed by atoms with Crippen LogP contribution in [0.3, 0.4) is 0 Å². The van der Waals surface area contributed by atoms with E-state index in [0.717, 1.165) is 31.2 Å². The van der Waals surface area contributed by atoms with Gasteiger partial charge in [-0.1, -0.05) is 0 Å². The SMILES string of the molecule is Fc1ccc2nc(-c3sc(-c4nc5cc6cc7sc(-c8cc(F)c(-c9nc%10ccc(F)cc%10s9)s8)nc7cc6cc5s4)cc3F)sc2c1. The molecule has 0 bridgehead atoms. The van der Waals surface area contributed by atoms with Crippen LogP contribution in [0.2, 0.25) is 0 Å². The van der Waals surface area contributed by atoms with Gasteiger partial charge in [-0.2, -0.15) is 0 Å². The summed E-state index contributed by atoms with van der Waals surface area (Å²) in [5.41, 5.74) is 2.88. The predicted molar refractivity (Wildman–Crippen MR) is 194 cm³/mol. The number of aromatic nitrogens is 4. The molecular weight excluding hydrogens is 733 g/mol. The Labute approximate surface area is 290 Å². The molecule has 10 rings (SSSR count). The number of benzene rings is 4. The molecule has 0 unspecified atom stereocenters. The summed E-state index contributed by atoms with van der Waals surface area (Å²) in [7, 11) is 0. The Hall–Kier alpha value is -4.18. The summed E-state index contributed by atoms with van der Waals surface area (Å²) >= 11 is 8.06. The lowest BCUT2D eigenvalue weighted by Gasteiger charge is -1.97. The Morgan fingerprint density at radius 3 is 1.23 bits per heavy atom. The minimum Gasteiger partial charge on any atom is -0.235 e. The lowest BCUT2D eigenvalue weighted by molar-refractivity contribution is 0.629. The molecular formula is C34H12F4N4S6. The highest BCUT2D eigenvalue weighted by Gasteiger charge is 2.21. The van der Waals surface area contributed by atoms with Crippen LogP contribution in [0.5, 0.6) is 0 Å². The normalized spacial score (nSPS) is 12.2. The zero-order chi connectivity index (χ0) is 32.3. The van der Waals surface area contributed by atoms with E-state index >= 15 is 8.78 Å². The average Bonchev–Trinajstić information content (AvgIpc) is 3.90. The maximum Gasteiger partial charge on any atom is 0.144 e. The molecule has 4 nitrogen and oxygen atoms in total. The molecule has 6 aromatic heterocycles. The van der Waals surface area contributed by atoms with E-state index in [0.29, 0.717) is 60.0 Å². The Balaban J connectivity index is 0.988. The molecule has 0 saturated heterocycles. The van der Waals surface area contributed by atoms with Crippen molar-refractivity contribution in [1.29, 1.82) is 0 Å². The molecule has 14 heteroatoms. The van der Waals surface area contributed by atoms with Crippen LogP contribution < -0.4 is 0 Å². The molecule has 10 aromatic rings. The second-order valence-corrected chi connectivity index (χ2v) is 17.1. The molecule has 0 aliphatic rings. The van der Waals surface area contributed by atoms with Crippen LogP contribution in [0.25, 0.3) is 91.2 Å². The highest BCUT2D eigenvalue weighted by molar-refractivity contribution is 7.30. The summed E-state index contributed by atoms with van der Waals surface area (Å²) in [6, 6.07) is 19.9. The third-order valence-corrected chi connectivity index (χ3v) is 14.7. The molecule has 4 aromatic carbocycles. The van der Waals surface area contributed by atoms with Gasteiger partial charge in [-0.05, 0) is 83.6 Å². The van der Waals surface area contributed by atoms with Gasteiger partial charge in [0, 0.05) is 0 Å². The predicted octanol–water partition coefficient (Wildman–Crippen LogP) is 12.6. The van der Waals surface area contributed by atoms with E-state index in [4.69, 9.17) is 9.97 Å². The molecule has 0 aliphatic heterocycles. The summed E-state index contributed by atoms with van der Waals surface area (Å²) in [6.07, 6.45) is 0. The third-order valence-electron chi connectivity index (χ3n) is 7.74. The first-order valence-corrected chi connectivity index (χ1v) is 19.1. The first-order chi connectivity index (χ1) is 23.3. The second-order valence-electron chi connectivity index (χ2n) is 10.9. The minimum absolute atomic E-state index is 0.350. The lowest BCUT2D eigenvalue weighted by atomic mass is 10.1. The molecule has 6 heterocycles. The van der Waals surface area contributed by atoms with Crippen molar-refractivity contribution in [3.63, 3.8) is 0 Å². The van der Waals surface area contributed by atoms with Crippen LogP contribution >= 0.6 is 68.0 Å². The lowest BCUT2D eigenvalue weighted by Crippen LogP contribution is -1.76. The van der Waals surface area contributed by atoms with Crippen molar-refractivity contribution in [3.8, 4) is 39.5 Å². The van der Waals surface area contributed by atoms with Crippen molar-refractivity contribution in [1.82, 2.24) is 19.9 Å². The van der Waals surface area contributed by atoms with Crippen molar-refractivity contribution >= 4 is 120 Å². The Bertz CT molecular complexity index is 2660. The summed E-state index contributed by atoms with van der Waals surface area (Å²) < 4.78 is 60.9. The Kier molecular flexibility index (Phi) is 6.40. The van der Waals surface area contributed by atoms with Crippen LogP contribution in [0, 0.1) is 23.3 Å². The molecule has 0 aliphatic carbocycles. The van der Waals surface area contributed by atoms with Crippen LogP contribution in [0.1, 0.15) is 0 Å². The van der Waals surface area contributed by atoms with Gasteiger partial charge in [0.1, 0.15) is 43.3 Å². The van der Waals surface area contributed by atoms with Gasteiger partial charge in [0.2, 0.25) is 0 Å². The van der Waals surface area contributed by atoms with Crippen LogP contribution in [0.4, 0.5) is 17.6 Å². The van der Waals surface area contributed by atoms with Gasteiger partial charge in [-0.15, -0.1) is 68.0 Å². The summed E-state index contributed by atoms with van der Waals surface area (Å²) in [4.78, 5) is 20.9. The number of nitrogens with zero attached hydrogens (tertiary/aromatic N) is 4. The van der Waals surface area contributed by atoms with E-state index in [-0.39, 0.29) is 23.3 Å². The van der Waals surface area contributed by atoms with E-state index < -0.39 is 0 Å². The molecule has 0 saturated carbocycles. The van der Waals surface area contributed by atoms with E-state index in [9.17, 15) is 8.78 Å². The van der Waals surface area contributed by atoms with Gasteiger partial charge in [-0.3, -0.25) is 0 Å². The number of thiophene rings is 2. The highest BCUT2D eigenvalue weighted by Crippen LogP contribution is 2.45. The Morgan fingerprint density at radius 1 is 0.375 bits per heavy atom. The van der Waals surface area contributed by atoms with Crippen LogP contribution in [-0.4, -0.2) is 19.9 Å². The van der Waals surface area contributed by atoms with Crippen molar-refractivity contribution in [2.75, 3.05) is 0 Å². The maximum absolute atomic E-state index is 15.2. The fraction of sp³-hybridized carbons (Fsp3) is 0. The first-order valence-electron chi connectivity index (χ1n) is 14.2. The van der Waals surface area contributed by atoms with Gasteiger partial charge in [0.05, 0.1) is 60.4 Å². The van der Waals surface area contributed by atoms with E-state index in [2.05, 4.69) is 22.1 Å². The number of halogens is 4. The van der Waals surface area contributed by atoms with Gasteiger partial charge in [0.15, 0.2) is 0 Å². The molecule has 0 amide bonds. The second kappa shape index (κ2) is 10.7. The van der Waals surface area contributed by atoms with E-state index in [1.807, 2.05) is 12.1 Å². The molecule has 0 fully saturated rings. The number of hydrogen-bond acceptors (Lipinski definition) is 10. The average molecular weight is 745 g/mol. The number of rotatable bonds is 4. The van der Waals surface area contributed by atoms with Crippen LogP contribution in [0.15, 0.2) is 72.8 Å². The first kappa shape index (κ1) is 28.8. The Morgan fingerprint density at radius 2 is 0.771 bits per heavy atom. The molecule has 232 valence electrons. The van der Waals surface area contributed by atoms with Gasteiger partial charge in [0.25, 0.3) is 0 Å². The number of hydrogen-bond donors (Lipinski definition) is 0. The molecule has 0 radical (unpaired) electrons. The smallest absolute Gasteiger partial charge is 0.144 e. The van der Waals surface area contributed by atoms with E-state index in [1.165, 1.54) is 104 Å². The summed E-state index contributed by atoms with van der Waals surface area (Å²) in [5.74, 6) is -1.46. The minimum atomic E-state index is -0.380. The van der Waals surface area contributed by atoms with Gasteiger partial charge >= 0.3 is 0 Å². The maximum atomic E-state index is 15.2. The fourth-order valence-corrected chi connectivity index (χ4v) is 11.8. The zero-order valence-electron chi connectivity index (χ0n) is 23.7. The van der Waals surface area contributed by atoms with Crippen molar-refractivity contribution in [2.24, 2.45) is 0 Å².